The fourth-order valence-electron chi connectivity index (χ4n) is 1.55. The number of rotatable bonds is 2. The molecule has 72 valence electrons. The summed E-state index contributed by atoms with van der Waals surface area (Å²) in [7, 11) is 0.852. The summed E-state index contributed by atoms with van der Waals surface area (Å²) in [6.07, 6.45) is 4.47. The van der Waals surface area contributed by atoms with Crippen LogP contribution >= 0.6 is 7.83 Å². The summed E-state index contributed by atoms with van der Waals surface area (Å²) >= 11 is 0. The number of allylic oxidation sites excluding steroid dienone is 4. The molecular formula is C12H19P. The van der Waals surface area contributed by atoms with E-state index in [1.54, 1.807) is 5.57 Å². The van der Waals surface area contributed by atoms with Crippen LogP contribution in [0, 0.1) is 11.8 Å². The molecule has 0 nitrogen and oxygen atoms in total. The van der Waals surface area contributed by atoms with Crippen LogP contribution in [0.25, 0.3) is 0 Å². The predicted molar refractivity (Wildman–Crippen MR) is 66.3 cm³/mol. The van der Waals surface area contributed by atoms with Gasteiger partial charge in [-0.05, 0) is 34.6 Å². The molecule has 0 saturated heterocycles. The summed E-state index contributed by atoms with van der Waals surface area (Å²) in [6, 6.07) is 0. The monoisotopic (exact) mass is 194 g/mol. The highest BCUT2D eigenvalue weighted by Gasteiger charge is 2.09. The third kappa shape index (κ3) is 2.74. The molecule has 0 radical (unpaired) electrons. The van der Waals surface area contributed by atoms with Gasteiger partial charge in [0, 0.05) is 0 Å². The second kappa shape index (κ2) is 4.67. The summed E-state index contributed by atoms with van der Waals surface area (Å²) in [5.74, 6) is 5.93. The van der Waals surface area contributed by atoms with Crippen LogP contribution < -0.4 is 0 Å². The molecule has 1 aliphatic rings. The van der Waals surface area contributed by atoms with Crippen molar-refractivity contribution in [3.05, 3.63) is 23.3 Å². The Morgan fingerprint density at radius 2 is 1.62 bits per heavy atom. The molecule has 0 fully saturated rings. The van der Waals surface area contributed by atoms with Crippen molar-refractivity contribution in [3.63, 3.8) is 0 Å². The largest absolute Gasteiger partial charge is 0.140 e. The zero-order valence-corrected chi connectivity index (χ0v) is 9.96. The Morgan fingerprint density at radius 1 is 1.00 bits per heavy atom. The average molecular weight is 194 g/mol. The highest BCUT2D eigenvalue weighted by atomic mass is 31.0. The van der Waals surface area contributed by atoms with Crippen molar-refractivity contribution in [1.82, 2.24) is 0 Å². The van der Waals surface area contributed by atoms with Gasteiger partial charge in [-0.25, -0.2) is 0 Å². The zero-order valence-electron chi connectivity index (χ0n) is 8.96. The average Bonchev–Trinajstić information content (AvgIpc) is 2.27. The normalized spacial score (nSPS) is 18.0. The molecule has 1 heterocycles. The van der Waals surface area contributed by atoms with Crippen molar-refractivity contribution in [2.75, 3.05) is 0 Å². The van der Waals surface area contributed by atoms with E-state index in [2.05, 4.69) is 51.4 Å². The molecule has 0 aromatic carbocycles. The van der Waals surface area contributed by atoms with Crippen molar-refractivity contribution >= 4 is 19.4 Å². The van der Waals surface area contributed by atoms with Gasteiger partial charge in [-0.15, -0.1) is 7.83 Å². The molecule has 1 heteroatoms. The topological polar surface area (TPSA) is 0 Å². The van der Waals surface area contributed by atoms with Crippen molar-refractivity contribution in [2.24, 2.45) is 11.8 Å². The first-order chi connectivity index (χ1) is 6.13. The lowest BCUT2D eigenvalue weighted by Crippen LogP contribution is -2.03. The molecule has 0 aromatic heterocycles. The van der Waals surface area contributed by atoms with E-state index in [0.717, 1.165) is 7.83 Å². The van der Waals surface area contributed by atoms with Gasteiger partial charge in [0.05, 0.1) is 0 Å². The molecule has 0 saturated carbocycles. The first-order valence-corrected chi connectivity index (χ1v) is 6.11. The molecular weight excluding hydrogens is 175 g/mol. The fraction of sp³-hybridized carbons (Fsp3) is 0.500. The van der Waals surface area contributed by atoms with Crippen molar-refractivity contribution in [3.8, 4) is 0 Å². The molecule has 1 atom stereocenters. The molecule has 1 aliphatic heterocycles. The maximum atomic E-state index is 2.39. The Labute approximate surface area is 82.8 Å². The van der Waals surface area contributed by atoms with Crippen molar-refractivity contribution in [1.29, 1.82) is 0 Å². The van der Waals surface area contributed by atoms with Crippen LogP contribution in [0.2, 0.25) is 0 Å². The van der Waals surface area contributed by atoms with Crippen LogP contribution in [0.15, 0.2) is 23.3 Å². The lowest BCUT2D eigenvalue weighted by molar-refractivity contribution is 0.734. The summed E-state index contributed by atoms with van der Waals surface area (Å²) < 4.78 is 0. The minimum absolute atomic E-state index is 0.640. The minimum atomic E-state index is 0.640. The first kappa shape index (κ1) is 10.6. The van der Waals surface area contributed by atoms with Gasteiger partial charge in [-0.3, -0.25) is 0 Å². The van der Waals surface area contributed by atoms with Crippen LogP contribution in [-0.4, -0.2) is 11.6 Å². The molecule has 13 heavy (non-hydrogen) atoms. The second-order valence-electron chi connectivity index (χ2n) is 4.06. The van der Waals surface area contributed by atoms with Gasteiger partial charge in [-0.1, -0.05) is 39.8 Å². The van der Waals surface area contributed by atoms with Gasteiger partial charge in [0.25, 0.3) is 0 Å². The van der Waals surface area contributed by atoms with Crippen LogP contribution in [0.4, 0.5) is 0 Å². The summed E-state index contributed by atoms with van der Waals surface area (Å²) in [6.45, 7) is 9.09. The van der Waals surface area contributed by atoms with Crippen molar-refractivity contribution in [2.45, 2.75) is 27.7 Å². The van der Waals surface area contributed by atoms with Gasteiger partial charge in [0.15, 0.2) is 0 Å². The smallest absolute Gasteiger partial charge is 0.0213 e. The van der Waals surface area contributed by atoms with Crippen LogP contribution in [0.3, 0.4) is 0 Å². The Balaban J connectivity index is 3.15. The highest BCUT2D eigenvalue weighted by molar-refractivity contribution is 7.40. The third-order valence-electron chi connectivity index (χ3n) is 2.28. The third-order valence-corrected chi connectivity index (χ3v) is 3.15. The Bertz CT molecular complexity index is 297. The van der Waals surface area contributed by atoms with E-state index in [1.165, 1.54) is 5.57 Å². The quantitative estimate of drug-likeness (QED) is 0.591. The molecule has 0 amide bonds. The standard InChI is InChI=1S/C12H19P/c1-9(2)11-6-5-7-13-8-12(11)10(3)4/h5-10,13H,1-4H3. The Hall–Kier alpha value is -0.480. The van der Waals surface area contributed by atoms with Gasteiger partial charge >= 0.3 is 0 Å². The Kier molecular flexibility index (Phi) is 3.81. The lowest BCUT2D eigenvalue weighted by atomic mass is 9.91. The van der Waals surface area contributed by atoms with Gasteiger partial charge < -0.3 is 0 Å². The van der Waals surface area contributed by atoms with Crippen LogP contribution in [-0.2, 0) is 0 Å². The van der Waals surface area contributed by atoms with Gasteiger partial charge in [0.2, 0.25) is 0 Å². The summed E-state index contributed by atoms with van der Waals surface area (Å²) in [5.41, 5.74) is 3.05. The maximum absolute atomic E-state index is 2.39. The molecule has 0 spiro atoms. The van der Waals surface area contributed by atoms with E-state index < -0.39 is 0 Å². The van der Waals surface area contributed by atoms with Crippen molar-refractivity contribution < 1.29 is 0 Å². The van der Waals surface area contributed by atoms with E-state index in [0.29, 0.717) is 11.8 Å². The molecule has 1 unspecified atom stereocenters. The predicted octanol–water partition coefficient (Wildman–Crippen LogP) is 3.45. The maximum Gasteiger partial charge on any atom is -0.0213 e. The fourth-order valence-corrected chi connectivity index (χ4v) is 2.53. The van der Waals surface area contributed by atoms with E-state index in [4.69, 9.17) is 0 Å². The van der Waals surface area contributed by atoms with E-state index in [9.17, 15) is 0 Å². The van der Waals surface area contributed by atoms with E-state index in [-0.39, 0.29) is 0 Å². The molecule has 0 bridgehead atoms. The van der Waals surface area contributed by atoms with Gasteiger partial charge in [-0.2, -0.15) is 0 Å². The van der Waals surface area contributed by atoms with E-state index >= 15 is 0 Å². The van der Waals surface area contributed by atoms with Crippen LogP contribution in [0.1, 0.15) is 27.7 Å². The number of hydrogen-bond donors (Lipinski definition) is 0. The first-order valence-electron chi connectivity index (χ1n) is 4.96. The lowest BCUT2D eigenvalue weighted by Gasteiger charge is -2.14. The SMILES string of the molecule is CC(C)C1=C(C(C)C)C=[PH]=CC=C1. The molecule has 1 rings (SSSR count). The zero-order chi connectivity index (χ0) is 9.84. The molecule has 0 N–H and O–H groups in total. The highest BCUT2D eigenvalue weighted by Crippen LogP contribution is 2.22. The summed E-state index contributed by atoms with van der Waals surface area (Å²) in [4.78, 5) is 0. The molecule has 0 aliphatic carbocycles. The summed E-state index contributed by atoms with van der Waals surface area (Å²) in [5, 5.41) is 0. The Morgan fingerprint density at radius 3 is 2.15 bits per heavy atom. The van der Waals surface area contributed by atoms with Crippen LogP contribution in [0.5, 0.6) is 0 Å². The minimum Gasteiger partial charge on any atom is -0.140 e. The second-order valence-corrected chi connectivity index (χ2v) is 5.01. The number of hydrogen-bond acceptors (Lipinski definition) is 0. The molecule has 0 aromatic rings. The van der Waals surface area contributed by atoms with E-state index in [1.807, 2.05) is 0 Å². The van der Waals surface area contributed by atoms with Gasteiger partial charge in [0.1, 0.15) is 0 Å².